The van der Waals surface area contributed by atoms with Gasteiger partial charge < -0.3 is 10.1 Å². The van der Waals surface area contributed by atoms with Crippen molar-refractivity contribution < 1.29 is 24.0 Å². The van der Waals surface area contributed by atoms with Crippen LogP contribution in [0.3, 0.4) is 0 Å². The summed E-state index contributed by atoms with van der Waals surface area (Å²) in [6.45, 7) is 0.0283. The molecule has 1 aromatic carbocycles. The van der Waals surface area contributed by atoms with E-state index in [1.54, 1.807) is 0 Å². The fourth-order valence-electron chi connectivity index (χ4n) is 5.56. The van der Waals surface area contributed by atoms with Gasteiger partial charge in [-0.1, -0.05) is 12.2 Å². The van der Waals surface area contributed by atoms with E-state index in [9.17, 15) is 24.5 Å². The molecule has 6 rings (SSSR count). The van der Waals surface area contributed by atoms with E-state index in [0.717, 1.165) is 6.42 Å². The van der Waals surface area contributed by atoms with Crippen molar-refractivity contribution in [1.29, 1.82) is 0 Å². The molecule has 9 nitrogen and oxygen atoms in total. The molecule has 1 aromatic rings. The maximum atomic E-state index is 12.9. The third-order valence-electron chi connectivity index (χ3n) is 6.99. The van der Waals surface area contributed by atoms with Crippen LogP contribution in [0, 0.1) is 45.6 Å². The van der Waals surface area contributed by atoms with Crippen molar-refractivity contribution in [3.8, 4) is 5.75 Å². The van der Waals surface area contributed by atoms with Crippen LogP contribution in [0.5, 0.6) is 5.75 Å². The molecular weight excluding hydrogens is 390 g/mol. The van der Waals surface area contributed by atoms with Gasteiger partial charge >= 0.3 is 0 Å². The first-order chi connectivity index (χ1) is 14.4. The molecule has 6 atom stereocenters. The Morgan fingerprint density at radius 1 is 1.20 bits per heavy atom. The second kappa shape index (κ2) is 6.65. The smallest absolute Gasteiger partial charge is 0.273 e. The third kappa shape index (κ3) is 2.72. The van der Waals surface area contributed by atoms with Gasteiger partial charge in [-0.3, -0.25) is 29.4 Å². The molecule has 3 amide bonds. The minimum atomic E-state index is -0.551. The summed E-state index contributed by atoms with van der Waals surface area (Å²) in [6, 6.07) is 3.89. The van der Waals surface area contributed by atoms with Crippen LogP contribution in [0.2, 0.25) is 0 Å². The summed E-state index contributed by atoms with van der Waals surface area (Å²) < 4.78 is 5.11. The summed E-state index contributed by atoms with van der Waals surface area (Å²) in [4.78, 5) is 49.9. The minimum Gasteiger partial charge on any atom is -0.494 e. The highest BCUT2D eigenvalue weighted by atomic mass is 16.6. The summed E-state index contributed by atoms with van der Waals surface area (Å²) >= 11 is 0. The number of nitrogens with one attached hydrogen (secondary N) is 1. The molecule has 9 heteroatoms. The summed E-state index contributed by atoms with van der Waals surface area (Å²) in [5.41, 5.74) is 0.144. The Hall–Kier alpha value is -3.23. The van der Waals surface area contributed by atoms with Crippen LogP contribution in [-0.4, -0.2) is 41.2 Å². The average Bonchev–Trinajstić information content (AvgIpc) is 3.51. The molecule has 156 valence electrons. The fourth-order valence-corrected chi connectivity index (χ4v) is 5.56. The van der Waals surface area contributed by atoms with Gasteiger partial charge in [0.2, 0.25) is 17.7 Å². The highest BCUT2D eigenvalue weighted by Crippen LogP contribution is 2.65. The number of nitro benzene ring substituents is 1. The van der Waals surface area contributed by atoms with E-state index in [4.69, 9.17) is 4.74 Å². The van der Waals surface area contributed by atoms with E-state index < -0.39 is 10.8 Å². The number of nitro groups is 1. The lowest BCUT2D eigenvalue weighted by Gasteiger charge is -2.37. The van der Waals surface area contributed by atoms with E-state index in [1.165, 1.54) is 30.2 Å². The van der Waals surface area contributed by atoms with Crippen LogP contribution < -0.4 is 10.1 Å². The topological polar surface area (TPSA) is 119 Å². The van der Waals surface area contributed by atoms with Crippen molar-refractivity contribution in [2.45, 2.75) is 12.8 Å². The van der Waals surface area contributed by atoms with E-state index >= 15 is 0 Å². The molecule has 4 aliphatic carbocycles. The van der Waals surface area contributed by atoms with E-state index in [2.05, 4.69) is 17.5 Å². The van der Waals surface area contributed by atoms with Crippen LogP contribution in [0.4, 0.5) is 11.4 Å². The highest BCUT2D eigenvalue weighted by molar-refractivity contribution is 6.06. The maximum Gasteiger partial charge on any atom is 0.273 e. The van der Waals surface area contributed by atoms with Crippen LogP contribution in [-0.2, 0) is 14.4 Å². The first kappa shape index (κ1) is 18.8. The number of rotatable bonds is 6. The quantitative estimate of drug-likeness (QED) is 0.331. The van der Waals surface area contributed by atoms with Gasteiger partial charge in [0.1, 0.15) is 5.75 Å². The zero-order chi connectivity index (χ0) is 21.2. The number of ether oxygens (including phenoxy) is 1. The molecule has 1 saturated heterocycles. The summed E-state index contributed by atoms with van der Waals surface area (Å²) in [7, 11) is 1.35. The van der Waals surface area contributed by atoms with Gasteiger partial charge in [-0.25, -0.2) is 0 Å². The van der Waals surface area contributed by atoms with Crippen molar-refractivity contribution in [2.24, 2.45) is 35.5 Å². The lowest BCUT2D eigenvalue weighted by molar-refractivity contribution is -0.384. The zero-order valence-corrected chi connectivity index (χ0v) is 16.3. The first-order valence-electron chi connectivity index (χ1n) is 10.1. The van der Waals surface area contributed by atoms with E-state index in [0.29, 0.717) is 17.5 Å². The SMILES string of the molecule is COc1cc([N+](=O)[O-])ccc1NC(=O)CCN1C(=O)[C@@H]2[C@@H]3C=C[C@H]([C@H]4C[C@@H]34)[C@@H]2C1=O. The Bertz CT molecular complexity index is 968. The molecule has 0 spiro atoms. The van der Waals surface area contributed by atoms with Gasteiger partial charge in [0.15, 0.2) is 0 Å². The molecule has 0 aromatic heterocycles. The summed E-state index contributed by atoms with van der Waals surface area (Å²) in [6.07, 6.45) is 5.28. The number of carbonyl (C=O) groups excluding carboxylic acids is 3. The van der Waals surface area contributed by atoms with Crippen molar-refractivity contribution in [1.82, 2.24) is 4.90 Å². The van der Waals surface area contributed by atoms with Crippen molar-refractivity contribution >= 4 is 29.1 Å². The number of nitrogens with zero attached hydrogens (tertiary/aromatic N) is 2. The molecule has 2 bridgehead atoms. The molecule has 1 N–H and O–H groups in total. The first-order valence-corrected chi connectivity index (χ1v) is 10.1. The Balaban J connectivity index is 1.24. The lowest BCUT2D eigenvalue weighted by Crippen LogP contribution is -2.40. The zero-order valence-electron chi connectivity index (χ0n) is 16.3. The normalized spacial score (nSPS) is 32.6. The standard InChI is InChI=1S/C21H21N3O6/c1-30-16-8-10(24(28)29)2-5-15(16)22-17(25)6-7-23-20(26)18-11-3-4-12(14-9-13(11)14)19(18)21(23)27/h2-5,8,11-14,18-19H,6-7,9H2,1H3,(H,22,25)/t11-,12-,13-,14+,18+,19-/m1/s1. The van der Waals surface area contributed by atoms with E-state index in [1.807, 2.05) is 0 Å². The number of hydrogen-bond acceptors (Lipinski definition) is 6. The van der Waals surface area contributed by atoms with Crippen LogP contribution in [0.15, 0.2) is 30.4 Å². The number of imide groups is 1. The molecule has 0 radical (unpaired) electrons. The largest absolute Gasteiger partial charge is 0.494 e. The Labute approximate surface area is 172 Å². The number of hydrogen-bond donors (Lipinski definition) is 1. The van der Waals surface area contributed by atoms with Crippen molar-refractivity contribution in [3.63, 3.8) is 0 Å². The molecule has 1 aliphatic heterocycles. The molecular formula is C21H21N3O6. The number of amides is 3. The second-order valence-electron chi connectivity index (χ2n) is 8.42. The van der Waals surface area contributed by atoms with Gasteiger partial charge in [0, 0.05) is 19.0 Å². The van der Waals surface area contributed by atoms with Gasteiger partial charge in [-0.05, 0) is 36.2 Å². The summed E-state index contributed by atoms with van der Waals surface area (Å²) in [5.74, 6) is 0.301. The van der Waals surface area contributed by atoms with Gasteiger partial charge in [-0.2, -0.15) is 0 Å². The molecule has 30 heavy (non-hydrogen) atoms. The van der Waals surface area contributed by atoms with Gasteiger partial charge in [0.25, 0.3) is 5.69 Å². The van der Waals surface area contributed by atoms with Crippen LogP contribution >= 0.6 is 0 Å². The maximum absolute atomic E-state index is 12.9. The number of non-ortho nitro benzene ring substituents is 1. The predicted octanol–water partition coefficient (Wildman–Crippen LogP) is 1.99. The Kier molecular flexibility index (Phi) is 4.16. The number of anilines is 1. The highest BCUT2D eigenvalue weighted by Gasteiger charge is 2.66. The molecule has 0 unspecified atom stereocenters. The van der Waals surface area contributed by atoms with Crippen molar-refractivity contribution in [3.05, 3.63) is 40.5 Å². The Morgan fingerprint density at radius 3 is 2.40 bits per heavy atom. The average molecular weight is 411 g/mol. The molecule has 5 aliphatic rings. The number of allylic oxidation sites excluding steroid dienone is 2. The molecule has 3 fully saturated rings. The fraction of sp³-hybridized carbons (Fsp3) is 0.476. The number of benzene rings is 1. The molecule has 1 heterocycles. The minimum absolute atomic E-state index is 0.0283. The van der Waals surface area contributed by atoms with Crippen molar-refractivity contribution in [2.75, 3.05) is 19.0 Å². The monoisotopic (exact) mass is 411 g/mol. The van der Waals surface area contributed by atoms with Gasteiger partial charge in [0.05, 0.1) is 35.6 Å². The van der Waals surface area contributed by atoms with Crippen LogP contribution in [0.25, 0.3) is 0 Å². The number of carbonyl (C=O) groups is 3. The van der Waals surface area contributed by atoms with Crippen LogP contribution in [0.1, 0.15) is 12.8 Å². The Morgan fingerprint density at radius 2 is 1.83 bits per heavy atom. The lowest BCUT2D eigenvalue weighted by atomic mass is 9.63. The van der Waals surface area contributed by atoms with E-state index in [-0.39, 0.29) is 59.9 Å². The second-order valence-corrected chi connectivity index (χ2v) is 8.42. The predicted molar refractivity (Wildman–Crippen MR) is 104 cm³/mol. The number of likely N-dealkylation sites (tertiary alicyclic amines) is 1. The number of methoxy groups -OCH3 is 1. The van der Waals surface area contributed by atoms with Gasteiger partial charge in [-0.15, -0.1) is 0 Å². The third-order valence-corrected chi connectivity index (χ3v) is 6.99. The molecule has 2 saturated carbocycles. The summed E-state index contributed by atoms with van der Waals surface area (Å²) in [5, 5.41) is 13.5.